The summed E-state index contributed by atoms with van der Waals surface area (Å²) < 4.78 is 0.590. The third-order valence-corrected chi connectivity index (χ3v) is 12.4. The first kappa shape index (κ1) is 4.94. The fourth-order valence-corrected chi connectivity index (χ4v) is 11.0. The van der Waals surface area contributed by atoms with E-state index in [0.29, 0.717) is 3.41 Å². The van der Waals surface area contributed by atoms with Crippen LogP contribution in [0.25, 0.3) is 0 Å². The van der Waals surface area contributed by atoms with Crippen LogP contribution < -0.4 is 0 Å². The molecule has 2 aliphatic rings. The Morgan fingerprint density at radius 1 is 1.71 bits per heavy atom. The SMILES string of the molecule is B#S12SC1(CC)S2. The van der Waals surface area contributed by atoms with Crippen molar-refractivity contribution in [1.82, 2.24) is 0 Å². The summed E-state index contributed by atoms with van der Waals surface area (Å²) in [6, 6.07) is 0. The second-order valence-electron chi connectivity index (χ2n) is 1.75. The maximum absolute atomic E-state index is 5.79. The first-order valence-corrected chi connectivity index (χ1v) is 6.60. The summed E-state index contributed by atoms with van der Waals surface area (Å²) in [5.41, 5.74) is 0. The Morgan fingerprint density at radius 2 is 2.14 bits per heavy atom. The molecule has 0 amide bonds. The summed E-state index contributed by atoms with van der Waals surface area (Å²) in [5.74, 6) is 0. The van der Waals surface area contributed by atoms with E-state index in [4.69, 9.17) is 6.53 Å². The van der Waals surface area contributed by atoms with Crippen LogP contribution in [0.4, 0.5) is 0 Å². The first-order valence-electron chi connectivity index (χ1n) is 2.24. The molecule has 2 saturated heterocycles. The van der Waals surface area contributed by atoms with Gasteiger partial charge < -0.3 is 0 Å². The van der Waals surface area contributed by atoms with Crippen LogP contribution in [-0.2, 0) is 0 Å². The van der Waals surface area contributed by atoms with Gasteiger partial charge in [-0.25, -0.2) is 0 Å². The average molecular weight is 148 g/mol. The predicted molar refractivity (Wildman–Crippen MR) is 41.5 cm³/mol. The summed E-state index contributed by atoms with van der Waals surface area (Å²) in [5, 5.41) is 0. The molecule has 0 radical (unpaired) electrons. The quantitative estimate of drug-likeness (QED) is 0.318. The number of fused-ring (bicyclic) bond motifs is 1. The second-order valence-corrected chi connectivity index (χ2v) is 10.8. The van der Waals surface area contributed by atoms with Gasteiger partial charge in [-0.1, -0.05) is 0 Å². The van der Waals surface area contributed by atoms with Gasteiger partial charge >= 0.3 is 52.2 Å². The molecule has 0 aromatic carbocycles. The van der Waals surface area contributed by atoms with Crippen LogP contribution in [-0.4, -0.2) is 9.94 Å². The van der Waals surface area contributed by atoms with Crippen molar-refractivity contribution in [2.24, 2.45) is 0 Å². The van der Waals surface area contributed by atoms with Crippen molar-refractivity contribution in [3.63, 3.8) is 0 Å². The fraction of sp³-hybridized carbons (Fsp3) is 1.00. The summed E-state index contributed by atoms with van der Waals surface area (Å²) in [6.45, 7) is 8.01. The number of rotatable bonds is 1. The van der Waals surface area contributed by atoms with Crippen molar-refractivity contribution in [2.75, 3.05) is 0 Å². The fourth-order valence-electron chi connectivity index (χ4n) is 0.669. The van der Waals surface area contributed by atoms with Gasteiger partial charge in [0.1, 0.15) is 0 Å². The van der Waals surface area contributed by atoms with Crippen LogP contribution in [0.2, 0.25) is 0 Å². The summed E-state index contributed by atoms with van der Waals surface area (Å²) in [4.78, 5) is 0. The summed E-state index contributed by atoms with van der Waals surface area (Å²) in [6.07, 6.45) is 1.27. The maximum atomic E-state index is 5.79. The van der Waals surface area contributed by atoms with Crippen molar-refractivity contribution in [1.29, 1.82) is 0 Å². The van der Waals surface area contributed by atoms with E-state index in [1.807, 2.05) is 21.6 Å². The molecule has 0 saturated carbocycles. The molecule has 38 valence electrons. The van der Waals surface area contributed by atoms with E-state index >= 15 is 0 Å². The zero-order chi connectivity index (χ0) is 5.12. The van der Waals surface area contributed by atoms with Gasteiger partial charge in [0.15, 0.2) is 0 Å². The van der Waals surface area contributed by atoms with Crippen LogP contribution in [0, 0.1) is 0 Å². The Bertz CT molecular complexity index is 197. The van der Waals surface area contributed by atoms with Crippen molar-refractivity contribution in [3.05, 3.63) is 0 Å². The monoisotopic (exact) mass is 148 g/mol. The molecule has 0 aromatic rings. The van der Waals surface area contributed by atoms with Gasteiger partial charge in [-0.2, -0.15) is 0 Å². The molecule has 2 fully saturated rings. The Balaban J connectivity index is 2.34. The summed E-state index contributed by atoms with van der Waals surface area (Å²) in [7, 11) is 3.46. The van der Waals surface area contributed by atoms with Gasteiger partial charge in [0.05, 0.1) is 0 Å². The van der Waals surface area contributed by atoms with Gasteiger partial charge in [-0.05, 0) is 0 Å². The van der Waals surface area contributed by atoms with Crippen LogP contribution in [0.5, 0.6) is 0 Å². The molecule has 7 heavy (non-hydrogen) atoms. The topological polar surface area (TPSA) is 0 Å². The molecule has 4 heteroatoms. The van der Waals surface area contributed by atoms with E-state index in [1.54, 1.807) is 0 Å². The van der Waals surface area contributed by atoms with Crippen LogP contribution in [0.1, 0.15) is 13.3 Å². The molecule has 0 aromatic heterocycles. The van der Waals surface area contributed by atoms with Crippen molar-refractivity contribution in [2.45, 2.75) is 16.8 Å². The third kappa shape index (κ3) is 0.418. The average Bonchev–Trinajstić information content (AvgIpc) is 2.24. The number of hydrogen-bond acceptors (Lipinski definition) is 2. The van der Waals surface area contributed by atoms with Gasteiger partial charge in [0.2, 0.25) is 0 Å². The van der Waals surface area contributed by atoms with E-state index in [0.717, 1.165) is 0 Å². The van der Waals surface area contributed by atoms with Gasteiger partial charge in [-0.3, -0.25) is 0 Å². The van der Waals surface area contributed by atoms with Crippen molar-refractivity contribution >= 4 is 35.4 Å². The van der Waals surface area contributed by atoms with E-state index in [2.05, 4.69) is 6.92 Å². The molecular formula is C3H5BS3. The first-order chi connectivity index (χ1) is 3.22. The standard InChI is InChI=1S/C3H5BS3/c1-2-3-5-7(3,4)6-3/h2H2,1H3. The molecule has 2 heterocycles. The molecule has 0 spiro atoms. The van der Waals surface area contributed by atoms with Crippen LogP contribution in [0.15, 0.2) is 0 Å². The molecule has 0 aliphatic carbocycles. The predicted octanol–water partition coefficient (Wildman–Crippen LogP) is 2.26. The molecule has 2 aliphatic heterocycles. The molecule has 0 bridgehead atoms. The second kappa shape index (κ2) is 1.02. The minimum absolute atomic E-state index is 0.528. The minimum atomic E-state index is -0.528. The zero-order valence-corrected chi connectivity index (χ0v) is 6.46. The van der Waals surface area contributed by atoms with Gasteiger partial charge in [0, 0.05) is 0 Å². The van der Waals surface area contributed by atoms with E-state index in [-0.39, 0.29) is 0 Å². The molecule has 0 nitrogen and oxygen atoms in total. The van der Waals surface area contributed by atoms with Crippen LogP contribution >= 0.6 is 28.9 Å². The van der Waals surface area contributed by atoms with Crippen LogP contribution in [0.3, 0.4) is 0 Å². The van der Waals surface area contributed by atoms with E-state index in [1.165, 1.54) is 6.42 Å². The Hall–Kier alpha value is 1.11. The van der Waals surface area contributed by atoms with Crippen molar-refractivity contribution in [3.8, 4) is 0 Å². The molecule has 0 atom stereocenters. The van der Waals surface area contributed by atoms with Gasteiger partial charge in [0.25, 0.3) is 0 Å². The Labute approximate surface area is 52.4 Å². The normalized spacial score (nSPS) is 64.4. The molecule has 2 rings (SSSR count). The molecule has 0 N–H and O–H groups in total. The zero-order valence-electron chi connectivity index (χ0n) is 4.01. The molecular weight excluding hydrogens is 143 g/mol. The van der Waals surface area contributed by atoms with Gasteiger partial charge in [-0.15, -0.1) is 0 Å². The van der Waals surface area contributed by atoms with E-state index < -0.39 is 7.33 Å². The number of hydrogen-bond donors (Lipinski definition) is 0. The van der Waals surface area contributed by atoms with E-state index in [9.17, 15) is 0 Å². The summed E-state index contributed by atoms with van der Waals surface area (Å²) >= 11 is 0. The van der Waals surface area contributed by atoms with Crippen molar-refractivity contribution < 1.29 is 0 Å². The Morgan fingerprint density at radius 3 is 2.14 bits per heavy atom. The molecule has 0 unspecified atom stereocenters. The third-order valence-electron chi connectivity index (χ3n) is 1.32. The Kier molecular flexibility index (Phi) is 0.724.